The number of aliphatic hydroxyl groups is 1. The van der Waals surface area contributed by atoms with Gasteiger partial charge in [-0.25, -0.2) is 0 Å². The molecule has 2 unspecified atom stereocenters. The quantitative estimate of drug-likeness (QED) is 0.849. The van der Waals surface area contributed by atoms with E-state index in [0.717, 1.165) is 11.3 Å². The van der Waals surface area contributed by atoms with E-state index in [2.05, 4.69) is 10.5 Å². The molecule has 26 heavy (non-hydrogen) atoms. The van der Waals surface area contributed by atoms with Crippen molar-refractivity contribution in [3.8, 4) is 5.75 Å². The van der Waals surface area contributed by atoms with E-state index >= 15 is 0 Å². The first kappa shape index (κ1) is 16.6. The Hall–Kier alpha value is -2.87. The number of rotatable bonds is 4. The fourth-order valence-electron chi connectivity index (χ4n) is 3.46. The Morgan fingerprint density at radius 2 is 2.27 bits per heavy atom. The number of piperidine rings is 1. The SMILES string of the molecule is Cc1cc(COc2cccc3c2CN(C2CCC(=O)NC2O)C3=O)on1. The molecule has 8 heteroatoms. The summed E-state index contributed by atoms with van der Waals surface area (Å²) in [7, 11) is 0. The minimum absolute atomic E-state index is 0.166. The molecule has 2 amide bonds. The number of carbonyl (C=O) groups excluding carboxylic acids is 2. The molecule has 0 saturated carbocycles. The number of hydrogen-bond acceptors (Lipinski definition) is 6. The van der Waals surface area contributed by atoms with Crippen molar-refractivity contribution in [2.24, 2.45) is 0 Å². The molecule has 2 aliphatic rings. The molecule has 1 aromatic carbocycles. The summed E-state index contributed by atoms with van der Waals surface area (Å²) >= 11 is 0. The Kier molecular flexibility index (Phi) is 4.12. The van der Waals surface area contributed by atoms with Crippen molar-refractivity contribution >= 4 is 11.8 Å². The number of hydrogen-bond donors (Lipinski definition) is 2. The first-order valence-corrected chi connectivity index (χ1v) is 8.48. The first-order valence-electron chi connectivity index (χ1n) is 8.48. The fraction of sp³-hybridized carbons (Fsp3) is 0.389. The summed E-state index contributed by atoms with van der Waals surface area (Å²) in [4.78, 5) is 25.8. The number of ether oxygens (including phenoxy) is 1. The molecule has 2 atom stereocenters. The second kappa shape index (κ2) is 6.45. The van der Waals surface area contributed by atoms with Gasteiger partial charge in [-0.05, 0) is 25.5 Å². The lowest BCUT2D eigenvalue weighted by atomic mass is 10.0. The van der Waals surface area contributed by atoms with Crippen LogP contribution >= 0.6 is 0 Å². The maximum Gasteiger partial charge on any atom is 0.255 e. The molecule has 1 saturated heterocycles. The van der Waals surface area contributed by atoms with Crippen molar-refractivity contribution < 1.29 is 24.0 Å². The Balaban J connectivity index is 1.53. The number of aliphatic hydroxyl groups excluding tert-OH is 1. The van der Waals surface area contributed by atoms with E-state index in [-0.39, 0.29) is 24.8 Å². The van der Waals surface area contributed by atoms with Gasteiger partial charge in [-0.2, -0.15) is 0 Å². The number of nitrogens with one attached hydrogen (secondary N) is 1. The summed E-state index contributed by atoms with van der Waals surface area (Å²) in [6.45, 7) is 2.38. The predicted molar refractivity (Wildman–Crippen MR) is 89.1 cm³/mol. The van der Waals surface area contributed by atoms with Gasteiger partial charge in [0.25, 0.3) is 5.91 Å². The van der Waals surface area contributed by atoms with Crippen LogP contribution in [0.15, 0.2) is 28.8 Å². The topological polar surface area (TPSA) is 105 Å². The zero-order valence-corrected chi connectivity index (χ0v) is 14.3. The minimum atomic E-state index is -1.06. The molecule has 2 N–H and O–H groups in total. The Morgan fingerprint density at radius 3 is 3.00 bits per heavy atom. The van der Waals surface area contributed by atoms with Crippen molar-refractivity contribution in [3.63, 3.8) is 0 Å². The molecule has 0 bridgehead atoms. The van der Waals surface area contributed by atoms with Gasteiger partial charge in [-0.15, -0.1) is 0 Å². The van der Waals surface area contributed by atoms with Crippen LogP contribution in [0.25, 0.3) is 0 Å². The third-order valence-electron chi connectivity index (χ3n) is 4.74. The van der Waals surface area contributed by atoms with Gasteiger partial charge in [0.2, 0.25) is 5.91 Å². The van der Waals surface area contributed by atoms with Gasteiger partial charge >= 0.3 is 0 Å². The normalized spacial score (nSPS) is 22.3. The summed E-state index contributed by atoms with van der Waals surface area (Å²) in [6, 6.07) is 6.66. The number of fused-ring (bicyclic) bond motifs is 1. The van der Waals surface area contributed by atoms with Gasteiger partial charge in [-0.1, -0.05) is 11.2 Å². The standard InChI is InChI=1S/C18H19N3O5/c1-10-7-11(26-20-10)9-25-15-4-2-3-12-13(15)8-21(18(12)24)14-5-6-16(22)19-17(14)23/h2-4,7,14,17,23H,5-6,8-9H2,1H3,(H,19,22). The molecule has 2 aliphatic heterocycles. The number of aryl methyl sites for hydroxylation is 1. The lowest BCUT2D eigenvalue weighted by Gasteiger charge is -2.35. The lowest BCUT2D eigenvalue weighted by Crippen LogP contribution is -2.55. The summed E-state index contributed by atoms with van der Waals surface area (Å²) in [6.07, 6.45) is -0.341. The van der Waals surface area contributed by atoms with Gasteiger partial charge in [0.1, 0.15) is 18.6 Å². The van der Waals surface area contributed by atoms with Crippen molar-refractivity contribution in [1.82, 2.24) is 15.4 Å². The second-order valence-electron chi connectivity index (χ2n) is 6.56. The van der Waals surface area contributed by atoms with Crippen molar-refractivity contribution in [3.05, 3.63) is 46.8 Å². The van der Waals surface area contributed by atoms with E-state index in [1.165, 1.54) is 0 Å². The highest BCUT2D eigenvalue weighted by Crippen LogP contribution is 2.34. The Labute approximate surface area is 149 Å². The van der Waals surface area contributed by atoms with Crippen LogP contribution in [0.3, 0.4) is 0 Å². The highest BCUT2D eigenvalue weighted by Gasteiger charge is 2.40. The van der Waals surface area contributed by atoms with Crippen LogP contribution < -0.4 is 10.1 Å². The first-order chi connectivity index (χ1) is 12.5. The molecule has 4 rings (SSSR count). The predicted octanol–water partition coefficient (Wildman–Crippen LogP) is 1.11. The highest BCUT2D eigenvalue weighted by molar-refractivity contribution is 5.99. The Bertz CT molecular complexity index is 862. The smallest absolute Gasteiger partial charge is 0.255 e. The maximum absolute atomic E-state index is 12.8. The third-order valence-corrected chi connectivity index (χ3v) is 4.74. The van der Waals surface area contributed by atoms with Crippen LogP contribution in [-0.2, 0) is 17.9 Å². The number of carbonyl (C=O) groups is 2. The molecule has 2 aromatic rings. The fourth-order valence-corrected chi connectivity index (χ4v) is 3.46. The summed E-state index contributed by atoms with van der Waals surface area (Å²) in [5, 5.41) is 16.5. The number of aromatic nitrogens is 1. The van der Waals surface area contributed by atoms with E-state index in [1.807, 2.05) is 6.92 Å². The zero-order chi connectivity index (χ0) is 18.3. The molecule has 136 valence electrons. The number of benzene rings is 1. The molecule has 0 radical (unpaired) electrons. The van der Waals surface area contributed by atoms with Crippen molar-refractivity contribution in [2.75, 3.05) is 0 Å². The summed E-state index contributed by atoms with van der Waals surface area (Å²) < 4.78 is 11.0. The number of nitrogens with zero attached hydrogens (tertiary/aromatic N) is 2. The van der Waals surface area contributed by atoms with Crippen LogP contribution in [0.5, 0.6) is 5.75 Å². The van der Waals surface area contributed by atoms with Gasteiger partial charge < -0.3 is 24.6 Å². The molecular formula is C18H19N3O5. The molecule has 3 heterocycles. The Morgan fingerprint density at radius 1 is 1.42 bits per heavy atom. The van der Waals surface area contributed by atoms with Crippen molar-refractivity contribution in [1.29, 1.82) is 0 Å². The van der Waals surface area contributed by atoms with Crippen LogP contribution in [0.4, 0.5) is 0 Å². The van der Waals surface area contributed by atoms with E-state index in [1.54, 1.807) is 29.2 Å². The third kappa shape index (κ3) is 2.92. The van der Waals surface area contributed by atoms with Gasteiger partial charge in [-0.3, -0.25) is 9.59 Å². The average molecular weight is 357 g/mol. The zero-order valence-electron chi connectivity index (χ0n) is 14.3. The maximum atomic E-state index is 12.8. The monoisotopic (exact) mass is 357 g/mol. The summed E-state index contributed by atoms with van der Waals surface area (Å²) in [5.74, 6) is 0.832. The molecule has 1 fully saturated rings. The van der Waals surface area contributed by atoms with Crippen molar-refractivity contribution in [2.45, 2.75) is 45.2 Å². The van der Waals surface area contributed by atoms with Crippen LogP contribution in [0, 0.1) is 6.92 Å². The van der Waals surface area contributed by atoms with Gasteiger partial charge in [0, 0.05) is 23.6 Å². The van der Waals surface area contributed by atoms with E-state index in [4.69, 9.17) is 9.26 Å². The average Bonchev–Trinajstić information content (AvgIpc) is 3.17. The second-order valence-corrected chi connectivity index (χ2v) is 6.56. The largest absolute Gasteiger partial charge is 0.485 e. The van der Waals surface area contributed by atoms with Crippen LogP contribution in [0.1, 0.15) is 40.2 Å². The van der Waals surface area contributed by atoms with Crippen LogP contribution in [0.2, 0.25) is 0 Å². The van der Waals surface area contributed by atoms with Gasteiger partial charge in [0.05, 0.1) is 18.3 Å². The molecule has 1 aromatic heterocycles. The molecular weight excluding hydrogens is 338 g/mol. The van der Waals surface area contributed by atoms with E-state index in [0.29, 0.717) is 30.0 Å². The molecule has 8 nitrogen and oxygen atoms in total. The van der Waals surface area contributed by atoms with Crippen LogP contribution in [-0.4, -0.2) is 39.2 Å². The lowest BCUT2D eigenvalue weighted by molar-refractivity contribution is -0.129. The van der Waals surface area contributed by atoms with Gasteiger partial charge in [0.15, 0.2) is 5.76 Å². The number of amides is 2. The molecule has 0 aliphatic carbocycles. The highest BCUT2D eigenvalue weighted by atomic mass is 16.5. The molecule has 0 spiro atoms. The van der Waals surface area contributed by atoms with E-state index in [9.17, 15) is 14.7 Å². The van der Waals surface area contributed by atoms with E-state index < -0.39 is 12.3 Å². The summed E-state index contributed by atoms with van der Waals surface area (Å²) in [5.41, 5.74) is 2.11. The minimum Gasteiger partial charge on any atom is -0.485 e.